The number of allylic oxidation sites excluding steroid dienone is 1. The highest BCUT2D eigenvalue weighted by molar-refractivity contribution is 5.92. The predicted octanol–water partition coefficient (Wildman–Crippen LogP) is 4.10. The van der Waals surface area contributed by atoms with Crippen molar-refractivity contribution in [1.82, 2.24) is 0 Å². The molecule has 0 saturated heterocycles. The van der Waals surface area contributed by atoms with Gasteiger partial charge in [0.05, 0.1) is 19.3 Å². The summed E-state index contributed by atoms with van der Waals surface area (Å²) in [6.07, 6.45) is 2.37. The van der Waals surface area contributed by atoms with Gasteiger partial charge in [-0.3, -0.25) is 4.79 Å². The van der Waals surface area contributed by atoms with Gasteiger partial charge in [0.1, 0.15) is 0 Å². The van der Waals surface area contributed by atoms with Gasteiger partial charge in [0.2, 0.25) is 5.60 Å². The molecule has 0 spiro atoms. The van der Waals surface area contributed by atoms with E-state index in [0.717, 1.165) is 18.4 Å². The molecule has 0 aromatic carbocycles. The molecule has 4 rings (SSSR count). The van der Waals surface area contributed by atoms with E-state index in [2.05, 4.69) is 6.92 Å². The highest BCUT2D eigenvalue weighted by Crippen LogP contribution is 2.68. The van der Waals surface area contributed by atoms with Crippen molar-refractivity contribution in [2.45, 2.75) is 84.3 Å². The van der Waals surface area contributed by atoms with Crippen LogP contribution in [0.5, 0.6) is 0 Å². The van der Waals surface area contributed by atoms with Crippen molar-refractivity contribution >= 4 is 24.1 Å². The van der Waals surface area contributed by atoms with Crippen molar-refractivity contribution in [2.75, 3.05) is 13.2 Å². The van der Waals surface area contributed by atoms with Crippen LogP contribution >= 0.6 is 0 Å². The maximum atomic E-state index is 13.5. The van der Waals surface area contributed by atoms with Crippen LogP contribution in [0.25, 0.3) is 0 Å². The van der Waals surface area contributed by atoms with Crippen LogP contribution in [-0.2, 0) is 28.5 Å². The van der Waals surface area contributed by atoms with E-state index in [1.807, 2.05) is 6.92 Å². The minimum absolute atomic E-state index is 0.0249. The number of ether oxygens (including phenoxy) is 4. The molecule has 0 aliphatic heterocycles. The van der Waals surface area contributed by atoms with E-state index in [4.69, 9.17) is 18.9 Å². The number of hydrogen-bond acceptors (Lipinski definition) is 9. The summed E-state index contributed by atoms with van der Waals surface area (Å²) < 4.78 is 20.5. The molecule has 1 N–H and O–H groups in total. The number of aliphatic hydroxyl groups excluding tert-OH is 1. The standard InChI is InChI=1S/C26H36O9/c1-5-32-22(30)34-21(29)26(35-23(31)33-6-2)12-10-18-17-8-7-15-13-16(27)9-11-24(15,3)20(17)19(28)14-25(18,26)4/h13,17-20,28H,5-12,14H2,1-4H3/t17-,18-,19?,20-,24-,25-,26?/m0/s1. The van der Waals surface area contributed by atoms with Crippen LogP contribution in [0.3, 0.4) is 0 Å². The smallest absolute Gasteiger partial charge is 0.435 e. The van der Waals surface area contributed by atoms with E-state index in [1.54, 1.807) is 19.9 Å². The van der Waals surface area contributed by atoms with Gasteiger partial charge in [0, 0.05) is 11.8 Å². The molecule has 3 fully saturated rings. The third-order valence-corrected chi connectivity index (χ3v) is 9.30. The SMILES string of the molecule is CCOC(=O)OC(=O)C1(OC(=O)OCC)CC[C@H]2[C@@H]3CCC4=CC(=O)CC[C@]4(C)[C@@H]3C(O)C[C@@]21C. The number of aliphatic hydroxyl groups is 1. The van der Waals surface area contributed by atoms with E-state index >= 15 is 0 Å². The molecule has 3 saturated carbocycles. The summed E-state index contributed by atoms with van der Waals surface area (Å²) in [7, 11) is 0. The molecule has 0 amide bonds. The van der Waals surface area contributed by atoms with Crippen LogP contribution in [-0.4, -0.2) is 54.1 Å². The number of fused-ring (bicyclic) bond motifs is 5. The summed E-state index contributed by atoms with van der Waals surface area (Å²) in [6, 6.07) is 0. The molecule has 7 atom stereocenters. The molecule has 0 aromatic rings. The Bertz CT molecular complexity index is 941. The Morgan fingerprint density at radius 2 is 1.71 bits per heavy atom. The van der Waals surface area contributed by atoms with Gasteiger partial charge in [-0.1, -0.05) is 19.4 Å². The fourth-order valence-electron chi connectivity index (χ4n) is 7.81. The molecule has 9 nitrogen and oxygen atoms in total. The van der Waals surface area contributed by atoms with Gasteiger partial charge < -0.3 is 24.1 Å². The highest BCUT2D eigenvalue weighted by Gasteiger charge is 2.72. The Morgan fingerprint density at radius 3 is 2.40 bits per heavy atom. The van der Waals surface area contributed by atoms with Crippen LogP contribution in [0.15, 0.2) is 11.6 Å². The number of carbonyl (C=O) groups excluding carboxylic acids is 4. The van der Waals surface area contributed by atoms with Gasteiger partial charge in [0.25, 0.3) is 0 Å². The Labute approximate surface area is 205 Å². The molecule has 0 radical (unpaired) electrons. The van der Waals surface area contributed by atoms with Gasteiger partial charge in [0.15, 0.2) is 5.78 Å². The normalized spacial score (nSPS) is 39.9. The summed E-state index contributed by atoms with van der Waals surface area (Å²) in [6.45, 7) is 7.28. The van der Waals surface area contributed by atoms with E-state index < -0.39 is 35.4 Å². The molecule has 0 aromatic heterocycles. The van der Waals surface area contributed by atoms with Crippen LogP contribution < -0.4 is 0 Å². The lowest BCUT2D eigenvalue weighted by Crippen LogP contribution is -2.63. The van der Waals surface area contributed by atoms with Crippen LogP contribution in [0, 0.1) is 28.6 Å². The first kappa shape index (κ1) is 25.7. The summed E-state index contributed by atoms with van der Waals surface area (Å²) in [5.74, 6) is -0.938. The fraction of sp³-hybridized carbons (Fsp3) is 0.769. The number of ketones is 1. The molecule has 4 aliphatic carbocycles. The van der Waals surface area contributed by atoms with Crippen molar-refractivity contribution in [3.8, 4) is 0 Å². The quantitative estimate of drug-likeness (QED) is 0.456. The minimum Gasteiger partial charge on any atom is -0.435 e. The highest BCUT2D eigenvalue weighted by atomic mass is 16.8. The predicted molar refractivity (Wildman–Crippen MR) is 122 cm³/mol. The van der Waals surface area contributed by atoms with Crippen molar-refractivity contribution < 1.29 is 43.2 Å². The number of esters is 1. The Hall–Kier alpha value is -2.42. The third-order valence-electron chi connectivity index (χ3n) is 9.30. The van der Waals surface area contributed by atoms with E-state index in [0.29, 0.717) is 19.3 Å². The van der Waals surface area contributed by atoms with Crippen LogP contribution in [0.1, 0.15) is 72.6 Å². The number of carbonyl (C=O) groups is 4. The van der Waals surface area contributed by atoms with E-state index in [-0.39, 0.29) is 55.0 Å². The van der Waals surface area contributed by atoms with Gasteiger partial charge in [-0.15, -0.1) is 0 Å². The molecular weight excluding hydrogens is 456 g/mol. The maximum absolute atomic E-state index is 13.5. The zero-order chi connectivity index (χ0) is 25.6. The van der Waals surface area contributed by atoms with Gasteiger partial charge in [-0.05, 0) is 81.6 Å². The first-order valence-electron chi connectivity index (χ1n) is 12.7. The lowest BCUT2D eigenvalue weighted by Gasteiger charge is -2.60. The second-order valence-corrected chi connectivity index (χ2v) is 10.8. The summed E-state index contributed by atoms with van der Waals surface area (Å²) in [4.78, 5) is 50.1. The first-order valence-corrected chi connectivity index (χ1v) is 12.7. The van der Waals surface area contributed by atoms with Crippen molar-refractivity contribution in [3.05, 3.63) is 11.6 Å². The Balaban J connectivity index is 1.71. The average molecular weight is 493 g/mol. The van der Waals surface area contributed by atoms with Crippen molar-refractivity contribution in [1.29, 1.82) is 0 Å². The lowest BCUT2D eigenvalue weighted by atomic mass is 9.45. The molecule has 194 valence electrons. The maximum Gasteiger partial charge on any atom is 0.516 e. The summed E-state index contributed by atoms with van der Waals surface area (Å²) >= 11 is 0. The second-order valence-electron chi connectivity index (χ2n) is 10.8. The number of hydrogen-bond donors (Lipinski definition) is 1. The molecule has 4 aliphatic rings. The number of rotatable bonds is 4. The average Bonchev–Trinajstić information content (AvgIpc) is 3.06. The second kappa shape index (κ2) is 9.22. The zero-order valence-corrected chi connectivity index (χ0v) is 21.0. The van der Waals surface area contributed by atoms with E-state index in [1.165, 1.54) is 0 Å². The summed E-state index contributed by atoms with van der Waals surface area (Å²) in [5.41, 5.74) is -1.96. The van der Waals surface area contributed by atoms with Crippen molar-refractivity contribution in [2.24, 2.45) is 28.6 Å². The summed E-state index contributed by atoms with van der Waals surface area (Å²) in [5, 5.41) is 11.6. The third kappa shape index (κ3) is 3.96. The molecule has 35 heavy (non-hydrogen) atoms. The first-order chi connectivity index (χ1) is 16.5. The molecule has 2 unspecified atom stereocenters. The lowest BCUT2D eigenvalue weighted by molar-refractivity contribution is -0.200. The fourth-order valence-corrected chi connectivity index (χ4v) is 7.81. The van der Waals surface area contributed by atoms with Crippen LogP contribution in [0.2, 0.25) is 0 Å². The largest absolute Gasteiger partial charge is 0.516 e. The minimum atomic E-state index is -1.79. The molecule has 0 bridgehead atoms. The topological polar surface area (TPSA) is 125 Å². The van der Waals surface area contributed by atoms with E-state index in [9.17, 15) is 24.3 Å². The zero-order valence-electron chi connectivity index (χ0n) is 21.0. The monoisotopic (exact) mass is 492 g/mol. The van der Waals surface area contributed by atoms with Crippen molar-refractivity contribution in [3.63, 3.8) is 0 Å². The van der Waals surface area contributed by atoms with Gasteiger partial charge in [-0.2, -0.15) is 0 Å². The van der Waals surface area contributed by atoms with Crippen LogP contribution in [0.4, 0.5) is 9.59 Å². The molecular formula is C26H36O9. The Morgan fingerprint density at radius 1 is 1.03 bits per heavy atom. The Kier molecular flexibility index (Phi) is 6.76. The van der Waals surface area contributed by atoms with Gasteiger partial charge >= 0.3 is 18.3 Å². The molecule has 9 heteroatoms. The van der Waals surface area contributed by atoms with Gasteiger partial charge in [-0.25, -0.2) is 14.4 Å². The molecule has 0 heterocycles.